The van der Waals surface area contributed by atoms with Crippen molar-refractivity contribution in [2.24, 2.45) is 5.92 Å². The smallest absolute Gasteiger partial charge is 0.412 e. The molecule has 9 heteroatoms. The van der Waals surface area contributed by atoms with E-state index in [1.807, 2.05) is 37.3 Å². The summed E-state index contributed by atoms with van der Waals surface area (Å²) in [5.74, 6) is -2.34. The SMILES string of the molecule is CCCCc1cc(CC2CS(O)(O)CC(=N)C2=O)cc(F)c1NC(=O)OCc1ccccc1. The maximum absolute atomic E-state index is 15.1. The van der Waals surface area contributed by atoms with Crippen LogP contribution in [0, 0.1) is 17.1 Å². The van der Waals surface area contributed by atoms with Crippen molar-refractivity contribution in [2.75, 3.05) is 16.8 Å². The van der Waals surface area contributed by atoms with E-state index in [1.54, 1.807) is 6.07 Å². The van der Waals surface area contributed by atoms with Crippen LogP contribution >= 0.6 is 10.6 Å². The summed E-state index contributed by atoms with van der Waals surface area (Å²) in [6.45, 7) is 2.05. The lowest BCUT2D eigenvalue weighted by atomic mass is 9.92. The van der Waals surface area contributed by atoms with E-state index in [0.717, 1.165) is 18.4 Å². The normalized spacial score (nSPS) is 18.6. The van der Waals surface area contributed by atoms with Crippen molar-refractivity contribution in [3.8, 4) is 0 Å². The van der Waals surface area contributed by atoms with Gasteiger partial charge in [0.1, 0.15) is 12.4 Å². The second-order valence-electron chi connectivity index (χ2n) is 8.26. The summed E-state index contributed by atoms with van der Waals surface area (Å²) in [6.07, 6.45) is 1.46. The fourth-order valence-corrected chi connectivity index (χ4v) is 5.49. The second-order valence-corrected chi connectivity index (χ2v) is 10.5. The molecule has 33 heavy (non-hydrogen) atoms. The molecule has 1 fully saturated rings. The Hall–Kier alpha value is -2.75. The fourth-order valence-electron chi connectivity index (χ4n) is 3.85. The Bertz CT molecular complexity index is 1030. The van der Waals surface area contributed by atoms with E-state index in [9.17, 15) is 18.7 Å². The third kappa shape index (κ3) is 6.86. The topological polar surface area (TPSA) is 120 Å². The van der Waals surface area contributed by atoms with Crippen molar-refractivity contribution in [3.05, 3.63) is 65.0 Å². The third-order valence-corrected chi connectivity index (χ3v) is 7.15. The lowest BCUT2D eigenvalue weighted by Crippen LogP contribution is -2.39. The quantitative estimate of drug-likeness (QED) is 0.405. The Morgan fingerprint density at radius 1 is 1.24 bits per heavy atom. The number of unbranched alkanes of at least 4 members (excludes halogenated alkanes) is 1. The minimum absolute atomic E-state index is 0.0391. The second kappa shape index (κ2) is 10.9. The van der Waals surface area contributed by atoms with Gasteiger partial charge in [-0.1, -0.05) is 49.7 Å². The Balaban J connectivity index is 1.76. The van der Waals surface area contributed by atoms with Crippen LogP contribution in [0.25, 0.3) is 0 Å². The number of ketones is 1. The number of hydrogen-bond donors (Lipinski definition) is 4. The van der Waals surface area contributed by atoms with Gasteiger partial charge < -0.3 is 4.74 Å². The van der Waals surface area contributed by atoms with Crippen molar-refractivity contribution in [1.29, 1.82) is 5.41 Å². The van der Waals surface area contributed by atoms with Crippen LogP contribution < -0.4 is 5.32 Å². The van der Waals surface area contributed by atoms with Gasteiger partial charge in [-0.25, -0.2) is 9.18 Å². The molecule has 178 valence electrons. The van der Waals surface area contributed by atoms with Crippen molar-refractivity contribution in [3.63, 3.8) is 0 Å². The molecule has 1 heterocycles. The molecule has 1 amide bonds. The zero-order valence-electron chi connectivity index (χ0n) is 18.5. The first-order chi connectivity index (χ1) is 15.7. The molecule has 4 N–H and O–H groups in total. The van der Waals surface area contributed by atoms with Gasteiger partial charge in [-0.05, 0) is 42.0 Å². The molecule has 0 aliphatic carbocycles. The van der Waals surface area contributed by atoms with Crippen molar-refractivity contribution in [1.82, 2.24) is 0 Å². The van der Waals surface area contributed by atoms with Gasteiger partial charge in [0.2, 0.25) is 0 Å². The molecule has 0 saturated carbocycles. The Kier molecular flexibility index (Phi) is 8.23. The van der Waals surface area contributed by atoms with Gasteiger partial charge in [0.15, 0.2) is 5.78 Å². The number of nitrogens with one attached hydrogen (secondary N) is 2. The summed E-state index contributed by atoms with van der Waals surface area (Å²) >= 11 is 0. The number of rotatable bonds is 8. The maximum Gasteiger partial charge on any atom is 0.412 e. The van der Waals surface area contributed by atoms with Gasteiger partial charge in [0.05, 0.1) is 17.2 Å². The number of aryl methyl sites for hydroxylation is 1. The van der Waals surface area contributed by atoms with Crippen LogP contribution in [-0.2, 0) is 29.0 Å². The molecule has 2 aromatic carbocycles. The summed E-state index contributed by atoms with van der Waals surface area (Å²) in [6, 6.07) is 12.1. The van der Waals surface area contributed by atoms with Crippen LogP contribution in [0.5, 0.6) is 0 Å². The molecule has 1 unspecified atom stereocenters. The van der Waals surface area contributed by atoms with Crippen molar-refractivity contribution >= 4 is 33.9 Å². The molecule has 0 bridgehead atoms. The first-order valence-electron chi connectivity index (χ1n) is 10.8. The number of halogens is 1. The van der Waals surface area contributed by atoms with Crippen LogP contribution in [0.15, 0.2) is 42.5 Å². The molecular weight excluding hydrogens is 447 g/mol. The standard InChI is InChI=1S/C24H29FN2O5S/c1-2-3-9-18-10-17(11-19-14-33(30,31)15-21(26)23(19)28)12-20(25)22(18)27-24(29)32-13-16-7-5-4-6-8-16/h4-8,10,12,19,26,30-31H,2-3,9,11,13-15H2,1H3,(H,27,29). The number of amides is 1. The van der Waals surface area contributed by atoms with Crippen LogP contribution in [0.3, 0.4) is 0 Å². The van der Waals surface area contributed by atoms with E-state index in [2.05, 4.69) is 5.32 Å². The van der Waals surface area contributed by atoms with Gasteiger partial charge in [-0.3, -0.25) is 24.6 Å². The highest BCUT2D eigenvalue weighted by Gasteiger charge is 2.36. The average molecular weight is 477 g/mol. The van der Waals surface area contributed by atoms with Crippen LogP contribution in [0.1, 0.15) is 36.5 Å². The molecule has 0 radical (unpaired) electrons. The summed E-state index contributed by atoms with van der Waals surface area (Å²) in [5, 5.41) is 10.3. The van der Waals surface area contributed by atoms with Gasteiger partial charge in [-0.2, -0.15) is 10.6 Å². The lowest BCUT2D eigenvalue weighted by molar-refractivity contribution is -0.116. The number of benzene rings is 2. The summed E-state index contributed by atoms with van der Waals surface area (Å²) in [4.78, 5) is 24.7. The molecule has 1 aliphatic rings. The highest BCUT2D eigenvalue weighted by Crippen LogP contribution is 2.44. The zero-order chi connectivity index (χ0) is 24.0. The van der Waals surface area contributed by atoms with E-state index in [4.69, 9.17) is 10.1 Å². The summed E-state index contributed by atoms with van der Waals surface area (Å²) in [5.41, 5.74) is 1.62. The van der Waals surface area contributed by atoms with Crippen molar-refractivity contribution < 1.29 is 27.8 Å². The number of hydrogen-bond acceptors (Lipinski definition) is 6. The molecule has 1 atom stereocenters. The number of ether oxygens (including phenoxy) is 1. The fraction of sp³-hybridized carbons (Fsp3) is 0.375. The highest BCUT2D eigenvalue weighted by atomic mass is 32.3. The minimum atomic E-state index is -3.03. The lowest BCUT2D eigenvalue weighted by Gasteiger charge is -2.39. The monoisotopic (exact) mass is 476 g/mol. The summed E-state index contributed by atoms with van der Waals surface area (Å²) < 4.78 is 40.3. The van der Waals surface area contributed by atoms with Crippen LogP contribution in [0.2, 0.25) is 0 Å². The van der Waals surface area contributed by atoms with Gasteiger partial charge >= 0.3 is 6.09 Å². The molecule has 2 aromatic rings. The Morgan fingerprint density at radius 2 is 1.97 bits per heavy atom. The Labute approximate surface area is 194 Å². The van der Waals surface area contributed by atoms with Gasteiger partial charge in [-0.15, -0.1) is 0 Å². The zero-order valence-corrected chi connectivity index (χ0v) is 19.3. The molecule has 3 rings (SSSR count). The molecule has 0 spiro atoms. The largest absolute Gasteiger partial charge is 0.444 e. The predicted molar refractivity (Wildman–Crippen MR) is 128 cm³/mol. The third-order valence-electron chi connectivity index (χ3n) is 5.47. The molecule has 1 saturated heterocycles. The van der Waals surface area contributed by atoms with Gasteiger partial charge in [0.25, 0.3) is 0 Å². The number of Topliss-reactive ketones (excluding diaryl/α,β-unsaturated/α-hetero) is 1. The summed E-state index contributed by atoms with van der Waals surface area (Å²) in [7, 11) is -3.03. The first-order valence-corrected chi connectivity index (χ1v) is 12.7. The molecule has 1 aliphatic heterocycles. The molecule has 0 aromatic heterocycles. The minimum Gasteiger partial charge on any atom is -0.444 e. The van der Waals surface area contributed by atoms with Crippen LogP contribution in [0.4, 0.5) is 14.9 Å². The van der Waals surface area contributed by atoms with E-state index >= 15 is 4.39 Å². The first kappa shape index (κ1) is 24.9. The van der Waals surface area contributed by atoms with Gasteiger partial charge in [0, 0.05) is 11.7 Å². The molecular formula is C24H29FN2O5S. The van der Waals surface area contributed by atoms with E-state index in [-0.39, 0.29) is 35.9 Å². The molecule has 7 nitrogen and oxygen atoms in total. The average Bonchev–Trinajstić information content (AvgIpc) is 2.76. The predicted octanol–water partition coefficient (Wildman–Crippen LogP) is 5.43. The maximum atomic E-state index is 15.1. The highest BCUT2D eigenvalue weighted by molar-refractivity contribution is 8.25. The number of carbonyl (C=O) groups excluding carboxylic acids is 2. The van der Waals surface area contributed by atoms with E-state index < -0.39 is 34.2 Å². The Morgan fingerprint density at radius 3 is 2.67 bits per heavy atom. The number of carbonyl (C=O) groups is 2. The van der Waals surface area contributed by atoms with E-state index in [1.165, 1.54) is 6.07 Å². The van der Waals surface area contributed by atoms with Crippen molar-refractivity contribution in [2.45, 2.75) is 39.2 Å². The number of anilines is 1. The van der Waals surface area contributed by atoms with E-state index in [0.29, 0.717) is 17.5 Å². The van der Waals surface area contributed by atoms with Crippen LogP contribution in [-0.4, -0.2) is 38.2 Å².